The van der Waals surface area contributed by atoms with Crippen LogP contribution in [0.2, 0.25) is 5.02 Å². The van der Waals surface area contributed by atoms with Crippen LogP contribution in [0.3, 0.4) is 0 Å². The van der Waals surface area contributed by atoms with Crippen LogP contribution in [-0.2, 0) is 6.54 Å². The van der Waals surface area contributed by atoms with Crippen LogP contribution in [-0.4, -0.2) is 25.5 Å². The van der Waals surface area contributed by atoms with Crippen molar-refractivity contribution in [3.05, 3.63) is 58.1 Å². The zero-order chi connectivity index (χ0) is 18.4. The second kappa shape index (κ2) is 8.39. The molecule has 2 aromatic rings. The van der Waals surface area contributed by atoms with E-state index < -0.39 is 5.91 Å². The minimum absolute atomic E-state index is 0.243. The highest BCUT2D eigenvalue weighted by Crippen LogP contribution is 2.36. The highest BCUT2D eigenvalue weighted by atomic mass is 35.5. The number of hydrogen-bond donors (Lipinski definition) is 2. The van der Waals surface area contributed by atoms with Crippen molar-refractivity contribution in [2.45, 2.75) is 13.5 Å². The molecule has 0 saturated heterocycles. The number of benzene rings is 2. The Morgan fingerprint density at radius 3 is 2.60 bits per heavy atom. The van der Waals surface area contributed by atoms with E-state index >= 15 is 0 Å². The molecule has 3 N–H and O–H groups in total. The lowest BCUT2D eigenvalue weighted by atomic mass is 10.1. The summed E-state index contributed by atoms with van der Waals surface area (Å²) < 4.78 is 10.7. The van der Waals surface area contributed by atoms with Gasteiger partial charge in [-0.2, -0.15) is 0 Å². The monoisotopic (exact) mass is 362 g/mol. The van der Waals surface area contributed by atoms with Gasteiger partial charge in [-0.3, -0.25) is 9.59 Å². The molecule has 2 rings (SSSR count). The van der Waals surface area contributed by atoms with E-state index in [2.05, 4.69) is 5.32 Å². The Bertz CT molecular complexity index is 793. The number of carbonyl (C=O) groups is 2. The summed E-state index contributed by atoms with van der Waals surface area (Å²) in [5.74, 6) is -0.0588. The first kappa shape index (κ1) is 18.6. The third-order valence-corrected chi connectivity index (χ3v) is 3.73. The molecule has 132 valence electrons. The van der Waals surface area contributed by atoms with Gasteiger partial charge in [-0.1, -0.05) is 23.7 Å². The van der Waals surface area contributed by atoms with Crippen molar-refractivity contribution in [1.82, 2.24) is 5.32 Å². The fourth-order valence-corrected chi connectivity index (χ4v) is 2.52. The normalized spacial score (nSPS) is 10.2. The van der Waals surface area contributed by atoms with Crippen LogP contribution in [0.1, 0.15) is 33.2 Å². The van der Waals surface area contributed by atoms with Gasteiger partial charge >= 0.3 is 0 Å². The van der Waals surface area contributed by atoms with Crippen LogP contribution in [0, 0.1) is 0 Å². The van der Waals surface area contributed by atoms with Crippen molar-refractivity contribution in [3.8, 4) is 11.5 Å². The van der Waals surface area contributed by atoms with E-state index in [9.17, 15) is 9.59 Å². The van der Waals surface area contributed by atoms with E-state index in [1.807, 2.05) is 6.92 Å². The molecule has 0 fully saturated rings. The Labute approximate surface area is 150 Å². The van der Waals surface area contributed by atoms with Crippen molar-refractivity contribution in [1.29, 1.82) is 0 Å². The average Bonchev–Trinajstić information content (AvgIpc) is 2.61. The fraction of sp³-hybridized carbons (Fsp3) is 0.222. The number of hydrogen-bond acceptors (Lipinski definition) is 4. The largest absolute Gasteiger partial charge is 0.493 e. The lowest BCUT2D eigenvalue weighted by Crippen LogP contribution is -2.23. The Balaban J connectivity index is 2.14. The summed E-state index contributed by atoms with van der Waals surface area (Å²) in [6, 6.07) is 9.83. The van der Waals surface area contributed by atoms with Crippen LogP contribution < -0.4 is 20.5 Å². The summed E-state index contributed by atoms with van der Waals surface area (Å²) in [5, 5.41) is 3.06. The Morgan fingerprint density at radius 1 is 1.20 bits per heavy atom. The first-order valence-corrected chi connectivity index (χ1v) is 8.01. The van der Waals surface area contributed by atoms with Crippen LogP contribution in [0.15, 0.2) is 36.4 Å². The Kier molecular flexibility index (Phi) is 6.25. The summed E-state index contributed by atoms with van der Waals surface area (Å²) >= 11 is 6.17. The van der Waals surface area contributed by atoms with Crippen molar-refractivity contribution >= 4 is 23.4 Å². The van der Waals surface area contributed by atoms with Crippen molar-refractivity contribution < 1.29 is 19.1 Å². The number of primary amides is 1. The second-order valence-corrected chi connectivity index (χ2v) is 5.58. The molecular weight excluding hydrogens is 344 g/mol. The molecule has 2 amide bonds. The quantitative estimate of drug-likeness (QED) is 0.792. The Hall–Kier alpha value is -2.73. The third kappa shape index (κ3) is 4.64. The number of carbonyl (C=O) groups excluding carboxylic acids is 2. The predicted octanol–water partition coefficient (Wildman–Crippen LogP) is 2.78. The number of halogens is 1. The van der Waals surface area contributed by atoms with Gasteiger partial charge in [-0.15, -0.1) is 0 Å². The molecule has 0 aliphatic rings. The number of nitrogens with two attached hydrogens (primary N) is 1. The summed E-state index contributed by atoms with van der Waals surface area (Å²) in [6.07, 6.45) is 0. The number of ether oxygens (including phenoxy) is 2. The number of rotatable bonds is 7. The Morgan fingerprint density at radius 2 is 1.96 bits per heavy atom. The van der Waals surface area contributed by atoms with Crippen molar-refractivity contribution in [2.24, 2.45) is 5.73 Å². The van der Waals surface area contributed by atoms with Gasteiger partial charge in [-0.25, -0.2) is 0 Å². The predicted molar refractivity (Wildman–Crippen MR) is 95.3 cm³/mol. The van der Waals surface area contributed by atoms with Gasteiger partial charge in [0.25, 0.3) is 5.91 Å². The van der Waals surface area contributed by atoms with Gasteiger partial charge in [0.05, 0.1) is 18.7 Å². The van der Waals surface area contributed by atoms with Crippen molar-refractivity contribution in [3.63, 3.8) is 0 Å². The van der Waals surface area contributed by atoms with E-state index in [1.165, 1.54) is 13.2 Å². The van der Waals surface area contributed by atoms with E-state index in [0.29, 0.717) is 34.3 Å². The number of methoxy groups -OCH3 is 1. The van der Waals surface area contributed by atoms with Gasteiger partial charge in [-0.05, 0) is 36.8 Å². The topological polar surface area (TPSA) is 90.6 Å². The molecule has 0 atom stereocenters. The highest BCUT2D eigenvalue weighted by molar-refractivity contribution is 6.32. The van der Waals surface area contributed by atoms with Crippen LogP contribution >= 0.6 is 11.6 Å². The molecule has 0 bridgehead atoms. The molecule has 0 unspecified atom stereocenters. The molecule has 0 aliphatic carbocycles. The maximum Gasteiger partial charge on any atom is 0.251 e. The molecule has 0 heterocycles. The zero-order valence-electron chi connectivity index (χ0n) is 14.0. The maximum atomic E-state index is 12.4. The molecule has 0 saturated carbocycles. The van der Waals surface area contributed by atoms with Crippen molar-refractivity contribution in [2.75, 3.05) is 13.7 Å². The summed E-state index contributed by atoms with van der Waals surface area (Å²) in [4.78, 5) is 23.6. The van der Waals surface area contributed by atoms with Gasteiger partial charge in [0.1, 0.15) is 0 Å². The molecule has 0 aliphatic heterocycles. The molecule has 0 aromatic heterocycles. The fourth-order valence-electron chi connectivity index (χ4n) is 2.25. The van der Waals surface area contributed by atoms with Gasteiger partial charge in [0, 0.05) is 17.7 Å². The standard InChI is InChI=1S/C18H19ClN2O4/c1-3-25-16-14(19)8-13(9-15(16)24-2)18(23)21-10-11-5-4-6-12(7-11)17(20)22/h4-9H,3,10H2,1-2H3,(H2,20,22)(H,21,23). The first-order chi connectivity index (χ1) is 12.0. The number of amides is 2. The molecule has 6 nitrogen and oxygen atoms in total. The van der Waals surface area contributed by atoms with E-state index in [-0.39, 0.29) is 12.5 Å². The lowest BCUT2D eigenvalue weighted by Gasteiger charge is -2.13. The zero-order valence-corrected chi connectivity index (χ0v) is 14.7. The molecule has 0 radical (unpaired) electrons. The van der Waals surface area contributed by atoms with Gasteiger partial charge in [0.15, 0.2) is 11.5 Å². The lowest BCUT2D eigenvalue weighted by molar-refractivity contribution is 0.0949. The molecule has 25 heavy (non-hydrogen) atoms. The highest BCUT2D eigenvalue weighted by Gasteiger charge is 2.15. The van der Waals surface area contributed by atoms with E-state index in [0.717, 1.165) is 5.56 Å². The minimum atomic E-state index is -0.517. The average molecular weight is 363 g/mol. The van der Waals surface area contributed by atoms with Crippen LogP contribution in [0.25, 0.3) is 0 Å². The smallest absolute Gasteiger partial charge is 0.251 e. The summed E-state index contributed by atoms with van der Waals surface area (Å²) in [6.45, 7) is 2.50. The minimum Gasteiger partial charge on any atom is -0.493 e. The first-order valence-electron chi connectivity index (χ1n) is 7.63. The van der Waals surface area contributed by atoms with Gasteiger partial charge in [0.2, 0.25) is 5.91 Å². The summed E-state index contributed by atoms with van der Waals surface area (Å²) in [5.41, 5.74) is 6.74. The maximum absolute atomic E-state index is 12.4. The molecule has 0 spiro atoms. The van der Waals surface area contributed by atoms with E-state index in [1.54, 1.807) is 30.3 Å². The third-order valence-electron chi connectivity index (χ3n) is 3.44. The summed E-state index contributed by atoms with van der Waals surface area (Å²) in [7, 11) is 1.48. The molecular formula is C18H19ClN2O4. The molecule has 7 heteroatoms. The SMILES string of the molecule is CCOc1c(Cl)cc(C(=O)NCc2cccc(C(N)=O)c2)cc1OC. The van der Waals surface area contributed by atoms with Crippen LogP contribution in [0.4, 0.5) is 0 Å². The second-order valence-electron chi connectivity index (χ2n) is 5.17. The van der Waals surface area contributed by atoms with Crippen LogP contribution in [0.5, 0.6) is 11.5 Å². The molecule has 2 aromatic carbocycles. The van der Waals surface area contributed by atoms with Gasteiger partial charge < -0.3 is 20.5 Å². The van der Waals surface area contributed by atoms with E-state index in [4.69, 9.17) is 26.8 Å². The number of nitrogens with one attached hydrogen (secondary N) is 1.